The molecule has 2 aromatic carbocycles. The zero-order valence-electron chi connectivity index (χ0n) is 17.2. The lowest BCUT2D eigenvalue weighted by Gasteiger charge is -2.55. The first-order chi connectivity index (χ1) is 14.4. The third-order valence-corrected chi connectivity index (χ3v) is 6.85. The minimum atomic E-state index is -0.168. The van der Waals surface area contributed by atoms with E-state index in [4.69, 9.17) is 4.52 Å². The number of aromatic nitrogens is 2. The first-order valence-corrected chi connectivity index (χ1v) is 10.3. The molecule has 1 saturated heterocycles. The van der Waals surface area contributed by atoms with Gasteiger partial charge in [0.1, 0.15) is 0 Å². The fourth-order valence-electron chi connectivity index (χ4n) is 5.56. The van der Waals surface area contributed by atoms with E-state index in [-0.39, 0.29) is 23.3 Å². The van der Waals surface area contributed by atoms with E-state index in [0.717, 1.165) is 12.0 Å². The highest BCUT2D eigenvalue weighted by atomic mass is 16.5. The van der Waals surface area contributed by atoms with Crippen LogP contribution in [0.4, 0.5) is 0 Å². The third-order valence-electron chi connectivity index (χ3n) is 6.85. The van der Waals surface area contributed by atoms with Crippen molar-refractivity contribution in [1.29, 1.82) is 0 Å². The van der Waals surface area contributed by atoms with Crippen LogP contribution in [-0.2, 0) is 0 Å². The lowest BCUT2D eigenvalue weighted by molar-refractivity contribution is -0.0976. The molecule has 1 aliphatic heterocycles. The summed E-state index contributed by atoms with van der Waals surface area (Å²) < 4.78 is 5.52. The molecule has 1 amide bonds. The zero-order chi connectivity index (χ0) is 20.9. The molecule has 1 saturated carbocycles. The number of carbonyl (C=O) groups excluding carboxylic acids is 1. The van der Waals surface area contributed by atoms with E-state index in [2.05, 4.69) is 24.0 Å². The van der Waals surface area contributed by atoms with E-state index >= 15 is 0 Å². The second-order valence-electron chi connectivity index (χ2n) is 9.26. The van der Waals surface area contributed by atoms with Crippen molar-refractivity contribution < 1.29 is 14.4 Å². The first-order valence-electron chi connectivity index (χ1n) is 10.3. The van der Waals surface area contributed by atoms with Crippen molar-refractivity contribution in [3.63, 3.8) is 0 Å². The molecule has 2 aliphatic rings. The third kappa shape index (κ3) is 2.86. The first kappa shape index (κ1) is 19.0. The molecule has 3 aromatic rings. The molecule has 0 spiro atoms. The molecular formula is C24H25N3O3. The highest BCUT2D eigenvalue weighted by Crippen LogP contribution is 2.62. The molecular weight excluding hydrogens is 378 g/mol. The number of benzene rings is 2. The maximum absolute atomic E-state index is 13.5. The van der Waals surface area contributed by atoms with Crippen molar-refractivity contribution in [3.8, 4) is 22.8 Å². The van der Waals surface area contributed by atoms with E-state index in [0.29, 0.717) is 41.8 Å². The molecule has 5 rings (SSSR count). The van der Waals surface area contributed by atoms with Crippen molar-refractivity contribution in [2.24, 2.45) is 16.7 Å². The molecule has 2 atom stereocenters. The van der Waals surface area contributed by atoms with Crippen LogP contribution in [0.1, 0.15) is 30.6 Å². The predicted octanol–water partition coefficient (Wildman–Crippen LogP) is 3.88. The van der Waals surface area contributed by atoms with E-state index in [1.807, 2.05) is 53.4 Å². The van der Waals surface area contributed by atoms with Crippen LogP contribution in [0.5, 0.6) is 0 Å². The average Bonchev–Trinajstić information content (AvgIpc) is 3.38. The maximum Gasteiger partial charge on any atom is 0.259 e. The van der Waals surface area contributed by atoms with Crippen molar-refractivity contribution in [3.05, 3.63) is 60.2 Å². The van der Waals surface area contributed by atoms with Gasteiger partial charge < -0.3 is 14.5 Å². The van der Waals surface area contributed by atoms with Crippen LogP contribution in [-0.4, -0.2) is 45.8 Å². The lowest BCUT2D eigenvalue weighted by Crippen LogP contribution is -2.54. The number of aliphatic hydroxyl groups is 1. The van der Waals surface area contributed by atoms with Crippen LogP contribution in [0, 0.1) is 16.7 Å². The quantitative estimate of drug-likeness (QED) is 0.715. The summed E-state index contributed by atoms with van der Waals surface area (Å²) in [5.74, 6) is 1.09. The highest BCUT2D eigenvalue weighted by molar-refractivity contribution is 6.00. The topological polar surface area (TPSA) is 79.5 Å². The number of carbonyl (C=O) groups is 1. The molecule has 6 nitrogen and oxygen atoms in total. The summed E-state index contributed by atoms with van der Waals surface area (Å²) in [4.78, 5) is 19.9. The number of likely N-dealkylation sites (tertiary alicyclic amines) is 1. The number of hydrogen-bond acceptors (Lipinski definition) is 5. The van der Waals surface area contributed by atoms with Crippen LogP contribution in [0.15, 0.2) is 59.1 Å². The minimum Gasteiger partial charge on any atom is -0.396 e. The SMILES string of the molecule is CC1(C)C[C@]2(CO)CN(C(=O)c3ccccc3-c3nc(-c4ccccc4)no3)C[C@H]12. The summed E-state index contributed by atoms with van der Waals surface area (Å²) in [5.41, 5.74) is 2.02. The van der Waals surface area contributed by atoms with Crippen LogP contribution >= 0.6 is 0 Å². The maximum atomic E-state index is 13.5. The summed E-state index contributed by atoms with van der Waals surface area (Å²) in [5, 5.41) is 14.1. The second kappa shape index (κ2) is 6.77. The summed E-state index contributed by atoms with van der Waals surface area (Å²) in [6.07, 6.45) is 0.941. The molecule has 30 heavy (non-hydrogen) atoms. The molecule has 1 aromatic heterocycles. The molecule has 1 aliphatic carbocycles. The fraction of sp³-hybridized carbons (Fsp3) is 0.375. The Balaban J connectivity index is 1.45. The van der Waals surface area contributed by atoms with Gasteiger partial charge in [0, 0.05) is 24.1 Å². The normalized spacial score (nSPS) is 24.4. The Bertz CT molecular complexity index is 1090. The Morgan fingerprint density at radius 1 is 1.17 bits per heavy atom. The molecule has 154 valence electrons. The molecule has 6 heteroatoms. The number of nitrogens with zero attached hydrogens (tertiary/aromatic N) is 3. The number of rotatable bonds is 4. The number of aliphatic hydroxyl groups excluding tert-OH is 1. The standard InChI is InChI=1S/C24H25N3O3/c1-23(2)13-24(15-28)14-27(12-19(23)24)22(29)18-11-7-6-10-17(18)21-25-20(26-30-21)16-8-4-3-5-9-16/h3-11,19,28H,12-15H2,1-2H3/t19-,24-/m1/s1. The molecule has 2 fully saturated rings. The van der Waals surface area contributed by atoms with Gasteiger partial charge in [0.2, 0.25) is 5.82 Å². The van der Waals surface area contributed by atoms with Gasteiger partial charge in [-0.05, 0) is 29.9 Å². The molecule has 1 N–H and O–H groups in total. The van der Waals surface area contributed by atoms with Gasteiger partial charge in [0.25, 0.3) is 11.8 Å². The monoisotopic (exact) mass is 403 g/mol. The van der Waals surface area contributed by atoms with Crippen LogP contribution in [0.2, 0.25) is 0 Å². The van der Waals surface area contributed by atoms with Gasteiger partial charge in [-0.2, -0.15) is 4.98 Å². The Kier molecular flexibility index (Phi) is 4.29. The van der Waals surface area contributed by atoms with Crippen LogP contribution < -0.4 is 0 Å². The summed E-state index contributed by atoms with van der Waals surface area (Å²) in [6.45, 7) is 5.81. The summed E-state index contributed by atoms with van der Waals surface area (Å²) >= 11 is 0. The Morgan fingerprint density at radius 2 is 1.90 bits per heavy atom. The van der Waals surface area contributed by atoms with E-state index in [1.165, 1.54) is 0 Å². The number of hydrogen-bond donors (Lipinski definition) is 1. The van der Waals surface area contributed by atoms with Gasteiger partial charge in [-0.1, -0.05) is 61.5 Å². The van der Waals surface area contributed by atoms with Gasteiger partial charge >= 0.3 is 0 Å². The molecule has 0 radical (unpaired) electrons. The van der Waals surface area contributed by atoms with Crippen LogP contribution in [0.3, 0.4) is 0 Å². The van der Waals surface area contributed by atoms with Gasteiger partial charge in [-0.3, -0.25) is 4.79 Å². The second-order valence-corrected chi connectivity index (χ2v) is 9.26. The van der Waals surface area contributed by atoms with Gasteiger partial charge in [0.15, 0.2) is 0 Å². The summed E-state index contributed by atoms with van der Waals surface area (Å²) in [7, 11) is 0. The smallest absolute Gasteiger partial charge is 0.259 e. The minimum absolute atomic E-state index is 0.0527. The van der Waals surface area contributed by atoms with Gasteiger partial charge in [0.05, 0.1) is 17.7 Å². The highest BCUT2D eigenvalue weighted by Gasteiger charge is 2.63. The van der Waals surface area contributed by atoms with Gasteiger partial charge in [-0.25, -0.2) is 0 Å². The predicted molar refractivity (Wildman–Crippen MR) is 112 cm³/mol. The largest absolute Gasteiger partial charge is 0.396 e. The van der Waals surface area contributed by atoms with Crippen molar-refractivity contribution in [2.45, 2.75) is 20.3 Å². The van der Waals surface area contributed by atoms with E-state index in [1.54, 1.807) is 6.07 Å². The van der Waals surface area contributed by atoms with Crippen molar-refractivity contribution in [2.75, 3.05) is 19.7 Å². The van der Waals surface area contributed by atoms with Crippen molar-refractivity contribution >= 4 is 5.91 Å². The molecule has 0 unspecified atom stereocenters. The molecule has 2 heterocycles. The summed E-state index contributed by atoms with van der Waals surface area (Å²) in [6, 6.07) is 17.0. The van der Waals surface area contributed by atoms with Crippen molar-refractivity contribution in [1.82, 2.24) is 15.0 Å². The lowest BCUT2D eigenvalue weighted by atomic mass is 9.48. The van der Waals surface area contributed by atoms with E-state index < -0.39 is 0 Å². The number of amides is 1. The average molecular weight is 403 g/mol. The van der Waals surface area contributed by atoms with E-state index in [9.17, 15) is 9.90 Å². The molecule has 0 bridgehead atoms. The van der Waals surface area contributed by atoms with Crippen LogP contribution in [0.25, 0.3) is 22.8 Å². The van der Waals surface area contributed by atoms with Gasteiger partial charge in [-0.15, -0.1) is 0 Å². The zero-order valence-corrected chi connectivity index (χ0v) is 17.2. The fourth-order valence-corrected chi connectivity index (χ4v) is 5.56. The Morgan fingerprint density at radius 3 is 2.60 bits per heavy atom. The Labute approximate surface area is 175 Å². The number of fused-ring (bicyclic) bond motifs is 1. The Hall–Kier alpha value is -2.99.